The summed E-state index contributed by atoms with van der Waals surface area (Å²) in [4.78, 5) is 26.2. The van der Waals surface area contributed by atoms with Crippen LogP contribution in [0, 0.1) is 11.8 Å². The number of para-hydroxylation sites is 1. The molecule has 0 fully saturated rings. The molecule has 182 valence electrons. The van der Waals surface area contributed by atoms with Gasteiger partial charge >= 0.3 is 7.12 Å². The van der Waals surface area contributed by atoms with E-state index >= 15 is 0 Å². The zero-order valence-electron chi connectivity index (χ0n) is 20.1. The van der Waals surface area contributed by atoms with Gasteiger partial charge in [-0.05, 0) is 42.9 Å². The summed E-state index contributed by atoms with van der Waals surface area (Å²) in [6.45, 7) is 7.89. The van der Waals surface area contributed by atoms with Gasteiger partial charge in [0.25, 0.3) is 0 Å². The Labute approximate surface area is 209 Å². The molecule has 0 bridgehead atoms. The van der Waals surface area contributed by atoms with E-state index in [0.29, 0.717) is 12.8 Å². The number of hydrogen-bond acceptors (Lipinski definition) is 4. The van der Waals surface area contributed by atoms with Gasteiger partial charge < -0.3 is 25.2 Å². The molecule has 2 amide bonds. The van der Waals surface area contributed by atoms with Crippen LogP contribution in [-0.2, 0) is 16.1 Å². The van der Waals surface area contributed by atoms with E-state index in [1.54, 1.807) is 0 Å². The lowest BCUT2D eigenvalue weighted by Gasteiger charge is -2.25. The SMILES string of the molecule is CC(C)C[C@H](NC(=O)[C@H](CC(C)C)NC(=O)Cn1c2ccccc2c2ccc(Br)cc21)B(O)O. The van der Waals surface area contributed by atoms with Crippen molar-refractivity contribution in [2.45, 2.75) is 59.1 Å². The molecule has 2 atom stereocenters. The maximum absolute atomic E-state index is 13.2. The second-order valence-corrected chi connectivity index (χ2v) is 10.6. The Balaban J connectivity index is 1.83. The number of aromatic nitrogens is 1. The fraction of sp³-hybridized carbons (Fsp3) is 0.440. The largest absolute Gasteiger partial charge is 0.475 e. The van der Waals surface area contributed by atoms with Crippen molar-refractivity contribution in [1.29, 1.82) is 0 Å². The van der Waals surface area contributed by atoms with E-state index in [1.807, 2.05) is 74.7 Å². The maximum atomic E-state index is 13.2. The summed E-state index contributed by atoms with van der Waals surface area (Å²) >= 11 is 3.52. The minimum Gasteiger partial charge on any atom is -0.426 e. The Morgan fingerprint density at radius 1 is 0.941 bits per heavy atom. The van der Waals surface area contributed by atoms with Crippen molar-refractivity contribution < 1.29 is 19.6 Å². The monoisotopic (exact) mass is 529 g/mol. The summed E-state index contributed by atoms with van der Waals surface area (Å²) in [7, 11) is -1.67. The molecule has 0 spiro atoms. The Bertz CT molecular complexity index is 1160. The van der Waals surface area contributed by atoms with Gasteiger partial charge in [-0.1, -0.05) is 67.9 Å². The summed E-state index contributed by atoms with van der Waals surface area (Å²) in [6, 6.07) is 13.1. The first-order chi connectivity index (χ1) is 16.1. The van der Waals surface area contributed by atoms with E-state index in [2.05, 4.69) is 26.6 Å². The van der Waals surface area contributed by atoms with Crippen molar-refractivity contribution in [1.82, 2.24) is 15.2 Å². The number of fused-ring (bicyclic) bond motifs is 3. The average molecular weight is 530 g/mol. The van der Waals surface area contributed by atoms with Crippen LogP contribution < -0.4 is 10.6 Å². The molecular formula is C25H33BBrN3O4. The minimum atomic E-state index is -1.67. The minimum absolute atomic E-state index is 0.0559. The molecule has 9 heteroatoms. The van der Waals surface area contributed by atoms with Gasteiger partial charge in [0.1, 0.15) is 12.6 Å². The highest BCUT2D eigenvalue weighted by Crippen LogP contribution is 2.30. The maximum Gasteiger partial charge on any atom is 0.475 e. The van der Waals surface area contributed by atoms with E-state index < -0.39 is 25.0 Å². The topological polar surface area (TPSA) is 104 Å². The van der Waals surface area contributed by atoms with Crippen molar-refractivity contribution in [3.63, 3.8) is 0 Å². The van der Waals surface area contributed by atoms with E-state index in [9.17, 15) is 19.6 Å². The Hall–Kier alpha value is -2.36. The van der Waals surface area contributed by atoms with Gasteiger partial charge in [-0.15, -0.1) is 0 Å². The van der Waals surface area contributed by atoms with Crippen LogP contribution in [0.15, 0.2) is 46.9 Å². The van der Waals surface area contributed by atoms with Gasteiger partial charge in [0.2, 0.25) is 11.8 Å². The standard InChI is InChI=1S/C25H33BBrN3O4/c1-15(2)11-20(25(32)29-23(26(33)34)12-16(3)4)28-24(31)14-30-21-8-6-5-7-18(21)19-10-9-17(27)13-22(19)30/h5-10,13,15-16,20,23,33-34H,11-12,14H2,1-4H3,(H,28,31)(H,29,32)/t20-,23-/m0/s1. The molecule has 0 unspecified atom stereocenters. The molecule has 0 saturated heterocycles. The molecule has 3 aromatic rings. The number of benzene rings is 2. The number of carbonyl (C=O) groups is 2. The normalized spacial score (nSPS) is 13.4. The number of amides is 2. The van der Waals surface area contributed by atoms with Crippen molar-refractivity contribution in [3.05, 3.63) is 46.9 Å². The van der Waals surface area contributed by atoms with Crippen molar-refractivity contribution in [2.75, 3.05) is 0 Å². The number of nitrogens with one attached hydrogen (secondary N) is 2. The van der Waals surface area contributed by atoms with E-state index in [-0.39, 0.29) is 24.3 Å². The van der Waals surface area contributed by atoms with Crippen molar-refractivity contribution in [2.24, 2.45) is 11.8 Å². The Morgan fingerprint density at radius 2 is 1.59 bits per heavy atom. The van der Waals surface area contributed by atoms with Crippen LogP contribution in [0.5, 0.6) is 0 Å². The second kappa shape index (κ2) is 11.4. The lowest BCUT2D eigenvalue weighted by molar-refractivity contribution is -0.129. The molecule has 7 nitrogen and oxygen atoms in total. The zero-order valence-corrected chi connectivity index (χ0v) is 21.7. The van der Waals surface area contributed by atoms with E-state index in [0.717, 1.165) is 26.3 Å². The molecule has 0 aliphatic carbocycles. The van der Waals surface area contributed by atoms with Crippen molar-refractivity contribution in [3.8, 4) is 0 Å². The molecule has 0 saturated carbocycles. The molecule has 4 N–H and O–H groups in total. The van der Waals surface area contributed by atoms with Gasteiger partial charge in [-0.3, -0.25) is 9.59 Å². The molecule has 34 heavy (non-hydrogen) atoms. The fourth-order valence-corrected chi connectivity index (χ4v) is 4.67. The van der Waals surface area contributed by atoms with Gasteiger partial charge in [0.05, 0.1) is 11.5 Å². The third kappa shape index (κ3) is 6.40. The predicted octanol–water partition coefficient (Wildman–Crippen LogP) is 3.63. The molecule has 1 aromatic heterocycles. The third-order valence-corrected chi connectivity index (χ3v) is 6.30. The Morgan fingerprint density at radius 3 is 2.24 bits per heavy atom. The summed E-state index contributed by atoms with van der Waals surface area (Å²) in [5.41, 5.74) is 1.87. The van der Waals surface area contributed by atoms with E-state index in [1.165, 1.54) is 0 Å². The number of halogens is 1. The summed E-state index contributed by atoms with van der Waals surface area (Å²) < 4.78 is 2.87. The molecule has 0 aliphatic rings. The third-order valence-electron chi connectivity index (χ3n) is 5.81. The second-order valence-electron chi connectivity index (χ2n) is 9.67. The molecular weight excluding hydrogens is 497 g/mol. The highest BCUT2D eigenvalue weighted by Gasteiger charge is 2.30. The first kappa shape index (κ1) is 26.3. The van der Waals surface area contributed by atoms with Gasteiger partial charge in [-0.25, -0.2) is 0 Å². The average Bonchev–Trinajstić information content (AvgIpc) is 3.05. The first-order valence-electron chi connectivity index (χ1n) is 11.7. The highest BCUT2D eigenvalue weighted by molar-refractivity contribution is 9.10. The highest BCUT2D eigenvalue weighted by atomic mass is 79.9. The van der Waals surface area contributed by atoms with Crippen LogP contribution in [0.25, 0.3) is 21.8 Å². The number of carbonyl (C=O) groups excluding carboxylic acids is 2. The molecule has 0 aliphatic heterocycles. The zero-order chi connectivity index (χ0) is 25.0. The van der Waals surface area contributed by atoms with Crippen LogP contribution in [0.4, 0.5) is 0 Å². The van der Waals surface area contributed by atoms with Crippen LogP contribution in [0.2, 0.25) is 0 Å². The molecule has 1 heterocycles. The smallest absolute Gasteiger partial charge is 0.426 e. The predicted molar refractivity (Wildman–Crippen MR) is 140 cm³/mol. The van der Waals surface area contributed by atoms with Crippen LogP contribution in [-0.4, -0.2) is 45.5 Å². The van der Waals surface area contributed by atoms with Crippen LogP contribution >= 0.6 is 15.9 Å². The quantitative estimate of drug-likeness (QED) is 0.301. The Kier molecular flexibility index (Phi) is 8.79. The van der Waals surface area contributed by atoms with Crippen LogP contribution in [0.3, 0.4) is 0 Å². The molecule has 2 aromatic carbocycles. The summed E-state index contributed by atoms with van der Waals surface area (Å²) in [6.07, 6.45) is 0.855. The fourth-order valence-electron chi connectivity index (χ4n) is 4.33. The number of nitrogens with zero attached hydrogens (tertiary/aromatic N) is 1. The lowest BCUT2D eigenvalue weighted by Crippen LogP contribution is -2.55. The van der Waals surface area contributed by atoms with Gasteiger partial charge in [0.15, 0.2) is 0 Å². The van der Waals surface area contributed by atoms with Gasteiger partial charge in [0, 0.05) is 20.8 Å². The lowest BCUT2D eigenvalue weighted by atomic mass is 9.75. The number of rotatable bonds is 10. The summed E-state index contributed by atoms with van der Waals surface area (Å²) in [5.74, 6) is -1.17. The molecule has 3 rings (SSSR count). The van der Waals surface area contributed by atoms with Crippen LogP contribution in [0.1, 0.15) is 40.5 Å². The van der Waals surface area contributed by atoms with E-state index in [4.69, 9.17) is 0 Å². The van der Waals surface area contributed by atoms with Gasteiger partial charge in [-0.2, -0.15) is 0 Å². The van der Waals surface area contributed by atoms with Crippen molar-refractivity contribution >= 4 is 56.7 Å². The first-order valence-corrected chi connectivity index (χ1v) is 12.5. The number of hydrogen-bond donors (Lipinski definition) is 4. The molecule has 0 radical (unpaired) electrons. The summed E-state index contributed by atoms with van der Waals surface area (Å²) in [5, 5.41) is 27.1.